The van der Waals surface area contributed by atoms with Gasteiger partial charge in [0, 0.05) is 38.9 Å². The number of fused-ring (bicyclic) bond motifs is 1. The van der Waals surface area contributed by atoms with Crippen LogP contribution >= 0.6 is 0 Å². The average Bonchev–Trinajstić information content (AvgIpc) is 3.86. The van der Waals surface area contributed by atoms with Crippen LogP contribution in [0.4, 0.5) is 9.59 Å². The predicted molar refractivity (Wildman–Crippen MR) is 195 cm³/mol. The molecule has 6 rings (SSSR count). The molecule has 50 heavy (non-hydrogen) atoms. The van der Waals surface area contributed by atoms with Crippen molar-refractivity contribution in [3.8, 4) is 23.1 Å². The third-order valence-corrected chi connectivity index (χ3v) is 10.8. The van der Waals surface area contributed by atoms with Gasteiger partial charge in [-0.1, -0.05) is 43.6 Å². The first kappa shape index (κ1) is 35.2. The second-order valence-corrected chi connectivity index (χ2v) is 21.0. The lowest BCUT2D eigenvalue weighted by molar-refractivity contribution is 0.0204. The highest BCUT2D eigenvalue weighted by molar-refractivity contribution is 6.76. The quantitative estimate of drug-likeness (QED) is 0.109. The molecule has 2 atom stereocenters. The zero-order valence-electron chi connectivity index (χ0n) is 30.0. The van der Waals surface area contributed by atoms with Gasteiger partial charge >= 0.3 is 12.2 Å². The van der Waals surface area contributed by atoms with Gasteiger partial charge < -0.3 is 24.1 Å². The summed E-state index contributed by atoms with van der Waals surface area (Å²) in [5, 5.41) is 9.55. The largest absolute Gasteiger partial charge is 0.465 e. The summed E-state index contributed by atoms with van der Waals surface area (Å²) in [6, 6.07) is 14.5. The number of likely N-dealkylation sites (tertiary alicyclic amines) is 2. The van der Waals surface area contributed by atoms with Crippen molar-refractivity contribution in [1.29, 1.82) is 0 Å². The molecule has 12 heteroatoms. The van der Waals surface area contributed by atoms with E-state index in [9.17, 15) is 14.7 Å². The molecule has 4 heterocycles. The van der Waals surface area contributed by atoms with Gasteiger partial charge in [-0.05, 0) is 88.4 Å². The number of hydrogen-bond acceptors (Lipinski definition) is 6. The maximum absolute atomic E-state index is 13.2. The number of aromatic nitrogens is 4. The van der Waals surface area contributed by atoms with E-state index < -0.39 is 19.8 Å². The highest BCUT2D eigenvalue weighted by Gasteiger charge is 2.36. The third kappa shape index (κ3) is 8.22. The molecular weight excluding hydrogens is 649 g/mol. The SMILES string of the molecule is CC(C)(C)OC(=O)N1CCCC1c1ncc(-c2ccc(C#Cc3ccc4nc(C5CCCN5C(=O)O)[nH]c4c3)cc2)n1COCC[Si](C)(C)C. The number of H-pyrrole nitrogens is 1. The Hall–Kier alpha value is -4.60. The number of benzene rings is 2. The van der Waals surface area contributed by atoms with Gasteiger partial charge in [-0.2, -0.15) is 0 Å². The number of ether oxygens (including phenoxy) is 2. The van der Waals surface area contributed by atoms with E-state index in [1.54, 1.807) is 4.90 Å². The van der Waals surface area contributed by atoms with E-state index in [1.165, 1.54) is 4.90 Å². The monoisotopic (exact) mass is 696 g/mol. The molecule has 2 amide bonds. The van der Waals surface area contributed by atoms with E-state index in [4.69, 9.17) is 14.5 Å². The normalized spacial score (nSPS) is 18.0. The molecule has 2 fully saturated rings. The standard InChI is InChI=1S/C38H48N6O5Si/c1-38(2,3)49-37(47)43-20-8-10-32(43)35-39-24-33(44(35)25-48-21-22-50(4,5)6)28-16-13-26(14-17-28)11-12-27-15-18-29-30(23-27)41-34(40-29)31-9-7-19-42(31)36(45)46/h13-18,23-24,31-32H,7-10,19-22,25H2,1-6H3,(H,40,41)(H,45,46). The van der Waals surface area contributed by atoms with E-state index in [-0.39, 0.29) is 18.2 Å². The van der Waals surface area contributed by atoms with Crippen LogP contribution in [0.3, 0.4) is 0 Å². The number of nitrogens with one attached hydrogen (secondary N) is 1. The fourth-order valence-corrected chi connectivity index (χ4v) is 7.30. The van der Waals surface area contributed by atoms with Crippen molar-refractivity contribution in [1.82, 2.24) is 29.3 Å². The number of carbonyl (C=O) groups is 2. The fourth-order valence-electron chi connectivity index (χ4n) is 6.54. The van der Waals surface area contributed by atoms with Gasteiger partial charge in [0.05, 0.1) is 35.0 Å². The van der Waals surface area contributed by atoms with Crippen molar-refractivity contribution in [2.24, 2.45) is 0 Å². The molecule has 0 spiro atoms. The summed E-state index contributed by atoms with van der Waals surface area (Å²) in [7, 11) is -1.27. The summed E-state index contributed by atoms with van der Waals surface area (Å²) in [5.41, 5.74) is 4.66. The molecule has 11 nitrogen and oxygen atoms in total. The number of imidazole rings is 2. The summed E-state index contributed by atoms with van der Waals surface area (Å²) in [4.78, 5) is 40.9. The first-order valence-corrected chi connectivity index (χ1v) is 21.2. The molecule has 0 bridgehead atoms. The van der Waals surface area contributed by atoms with Crippen LogP contribution in [0.1, 0.15) is 81.3 Å². The van der Waals surface area contributed by atoms with E-state index in [1.807, 2.05) is 69.4 Å². The number of amides is 2. The van der Waals surface area contributed by atoms with Crippen molar-refractivity contribution in [2.45, 2.75) is 96.6 Å². The molecule has 0 radical (unpaired) electrons. The molecule has 2 unspecified atom stereocenters. The molecule has 0 aliphatic carbocycles. The van der Waals surface area contributed by atoms with Crippen LogP contribution < -0.4 is 0 Å². The maximum atomic E-state index is 13.2. The molecule has 2 N–H and O–H groups in total. The minimum Gasteiger partial charge on any atom is -0.465 e. The lowest BCUT2D eigenvalue weighted by Gasteiger charge is -2.29. The van der Waals surface area contributed by atoms with Gasteiger partial charge in [0.2, 0.25) is 0 Å². The van der Waals surface area contributed by atoms with Crippen molar-refractivity contribution in [2.75, 3.05) is 19.7 Å². The van der Waals surface area contributed by atoms with Crippen molar-refractivity contribution >= 4 is 31.3 Å². The van der Waals surface area contributed by atoms with E-state index in [0.717, 1.165) is 71.0 Å². The fraction of sp³-hybridized carbons (Fsp3) is 0.474. The van der Waals surface area contributed by atoms with Crippen molar-refractivity contribution in [3.05, 3.63) is 71.4 Å². The van der Waals surface area contributed by atoms with Gasteiger partial charge in [0.1, 0.15) is 24.0 Å². The molecular formula is C38H48N6O5Si. The third-order valence-electron chi connectivity index (χ3n) is 9.13. The van der Waals surface area contributed by atoms with Crippen LogP contribution in [0.2, 0.25) is 25.7 Å². The Kier molecular flexibility index (Phi) is 10.1. The first-order valence-electron chi connectivity index (χ1n) is 17.5. The molecule has 2 aliphatic heterocycles. The van der Waals surface area contributed by atoms with Crippen LogP contribution in [0.25, 0.3) is 22.3 Å². The molecule has 0 saturated carbocycles. The van der Waals surface area contributed by atoms with Gasteiger partial charge in [-0.25, -0.2) is 19.6 Å². The molecule has 2 saturated heterocycles. The van der Waals surface area contributed by atoms with Crippen LogP contribution in [-0.2, 0) is 16.2 Å². The van der Waals surface area contributed by atoms with Gasteiger partial charge in [0.25, 0.3) is 0 Å². The Morgan fingerprint density at radius 3 is 2.36 bits per heavy atom. The van der Waals surface area contributed by atoms with E-state index in [0.29, 0.717) is 32.3 Å². The minimum atomic E-state index is -1.27. The van der Waals surface area contributed by atoms with Gasteiger partial charge in [0.15, 0.2) is 0 Å². The Labute approximate surface area is 295 Å². The number of carboxylic acid groups (broad SMARTS) is 1. The molecule has 2 aliphatic rings. The first-order chi connectivity index (χ1) is 23.8. The van der Waals surface area contributed by atoms with Crippen molar-refractivity contribution < 1.29 is 24.2 Å². The van der Waals surface area contributed by atoms with Crippen LogP contribution in [0.15, 0.2) is 48.7 Å². The second-order valence-electron chi connectivity index (χ2n) is 15.4. The second kappa shape index (κ2) is 14.3. The smallest absolute Gasteiger partial charge is 0.410 e. The Bertz CT molecular complexity index is 1910. The molecule has 2 aromatic heterocycles. The summed E-state index contributed by atoms with van der Waals surface area (Å²) >= 11 is 0. The lowest BCUT2D eigenvalue weighted by Crippen LogP contribution is -2.37. The highest BCUT2D eigenvalue weighted by atomic mass is 28.3. The van der Waals surface area contributed by atoms with Crippen LogP contribution in [0.5, 0.6) is 0 Å². The zero-order chi connectivity index (χ0) is 35.6. The Balaban J connectivity index is 1.21. The topological polar surface area (TPSA) is 126 Å². The summed E-state index contributed by atoms with van der Waals surface area (Å²) < 4.78 is 14.1. The van der Waals surface area contributed by atoms with E-state index in [2.05, 4.69) is 46.0 Å². The van der Waals surface area contributed by atoms with Crippen LogP contribution in [-0.4, -0.2) is 80.0 Å². The molecule has 264 valence electrons. The highest BCUT2D eigenvalue weighted by Crippen LogP contribution is 2.35. The number of nitrogens with zero attached hydrogens (tertiary/aromatic N) is 5. The zero-order valence-corrected chi connectivity index (χ0v) is 31.0. The maximum Gasteiger partial charge on any atom is 0.410 e. The predicted octanol–water partition coefficient (Wildman–Crippen LogP) is 8.03. The lowest BCUT2D eigenvalue weighted by atomic mass is 10.1. The van der Waals surface area contributed by atoms with Crippen molar-refractivity contribution in [3.63, 3.8) is 0 Å². The van der Waals surface area contributed by atoms with Gasteiger partial charge in [-0.3, -0.25) is 9.80 Å². The number of hydrogen-bond donors (Lipinski definition) is 2. The summed E-state index contributed by atoms with van der Waals surface area (Å²) in [6.45, 7) is 14.9. The van der Waals surface area contributed by atoms with Gasteiger partial charge in [-0.15, -0.1) is 0 Å². The Morgan fingerprint density at radius 1 is 0.980 bits per heavy atom. The number of rotatable bonds is 8. The van der Waals surface area contributed by atoms with E-state index >= 15 is 0 Å². The average molecular weight is 697 g/mol. The number of aromatic amines is 1. The Morgan fingerprint density at radius 2 is 1.66 bits per heavy atom. The molecule has 2 aromatic carbocycles. The molecule has 4 aromatic rings. The summed E-state index contributed by atoms with van der Waals surface area (Å²) in [5.74, 6) is 8.02. The number of carbonyl (C=O) groups excluding carboxylic acids is 1. The summed E-state index contributed by atoms with van der Waals surface area (Å²) in [6.07, 6.45) is 3.92. The minimum absolute atomic E-state index is 0.193. The van der Waals surface area contributed by atoms with Crippen LogP contribution in [0, 0.1) is 11.8 Å².